The van der Waals surface area contributed by atoms with E-state index in [0.29, 0.717) is 25.7 Å². The molecule has 6 saturated heterocycles. The molecule has 0 spiro atoms. The van der Waals surface area contributed by atoms with Crippen LogP contribution in [-0.2, 0) is 56.8 Å². The number of rotatable bonds is 27. The standard InChI is InChI=1S/C54H105N15O26/c55-10-21-33(73)20(70)9-27(84-21)90-44-25(88-51(40(44)80)94-46-31(71)16(59)7-18(61)42(46)91-48-28(63)37(77)34(74)22(11-56)85-48)14-68-53(82)66-5-3-1-2-4-6-67-54(83)69-15-26-45(93-50-30(65)39(79)36(76)24(13-58)87-50)41(81)52(89-26)95-47-32(72)17(60)8-19(62)43(47)92-49-29(64)38(78)35(75)23(12-57)86-49/h16-52,70-81H,1-15,55-65H2,(H2,66,68,82)(H2,67,69,83)/t16-,17-,18?,19?,20?,21+,22?,23?,24-,25-,26-,27-,28?,29?,30?,31?,32+,33?,34?,35?,36?,37-,38-,39?,40+,41?,42?,43?,44?,45?,46-,47?,48+,49+,50+,51+,52+/m1/s1. The molecule has 6 aliphatic heterocycles. The van der Waals surface area contributed by atoms with Crippen LogP contribution in [0.2, 0.25) is 0 Å². The van der Waals surface area contributed by atoms with Gasteiger partial charge in [0.05, 0.1) is 36.4 Å². The van der Waals surface area contributed by atoms with Gasteiger partial charge in [0, 0.05) is 82.9 Å². The molecule has 0 aromatic rings. The zero-order chi connectivity index (χ0) is 69.4. The van der Waals surface area contributed by atoms with Crippen LogP contribution >= 0.6 is 0 Å². The number of hydrogen-bond acceptors (Lipinski definition) is 37. The maximum absolute atomic E-state index is 13.2. The van der Waals surface area contributed by atoms with Crippen molar-refractivity contribution in [3.8, 4) is 0 Å². The molecular weight excluding hydrogens is 1270 g/mol. The summed E-state index contributed by atoms with van der Waals surface area (Å²) >= 11 is 0. The van der Waals surface area contributed by atoms with E-state index >= 15 is 0 Å². The van der Waals surface area contributed by atoms with E-state index in [1.807, 2.05) is 0 Å². The van der Waals surface area contributed by atoms with E-state index < -0.39 is 239 Å². The quantitative estimate of drug-likeness (QED) is 0.0340. The van der Waals surface area contributed by atoms with Gasteiger partial charge >= 0.3 is 12.1 Å². The number of carbonyl (C=O) groups excluding carboxylic acids is 2. The van der Waals surface area contributed by atoms with E-state index in [9.17, 15) is 70.9 Å². The second-order valence-corrected chi connectivity index (χ2v) is 25.6. The second-order valence-electron chi connectivity index (χ2n) is 25.6. The van der Waals surface area contributed by atoms with E-state index in [1.165, 1.54) is 0 Å². The molecule has 8 aliphatic rings. The molecule has 37 atom stereocenters. The molecule has 0 aromatic carbocycles. The fourth-order valence-electron chi connectivity index (χ4n) is 13.0. The van der Waals surface area contributed by atoms with Gasteiger partial charge in [0.1, 0.15) is 128 Å². The Labute approximate surface area is 546 Å². The van der Waals surface area contributed by atoms with Gasteiger partial charge in [-0.15, -0.1) is 0 Å². The molecule has 2 saturated carbocycles. The van der Waals surface area contributed by atoms with Crippen LogP contribution in [0, 0.1) is 0 Å². The van der Waals surface area contributed by atoms with Crippen LogP contribution in [-0.4, -0.2) is 352 Å². The molecule has 0 bridgehead atoms. The Kier molecular flexibility index (Phi) is 28.8. The van der Waals surface area contributed by atoms with Crippen LogP contribution in [0.3, 0.4) is 0 Å². The van der Waals surface area contributed by atoms with Crippen molar-refractivity contribution in [1.29, 1.82) is 0 Å². The first kappa shape index (κ1) is 77.9. The summed E-state index contributed by atoms with van der Waals surface area (Å²) in [4.78, 5) is 26.4. The maximum Gasteiger partial charge on any atom is 0.314 e. The Morgan fingerprint density at radius 3 is 1.02 bits per heavy atom. The third-order valence-electron chi connectivity index (χ3n) is 18.8. The molecule has 2 aliphatic carbocycles. The molecule has 38 N–H and O–H groups in total. The molecular formula is C54H105N15O26. The molecule has 41 heteroatoms. The van der Waals surface area contributed by atoms with Gasteiger partial charge < -0.3 is 202 Å². The smallest absolute Gasteiger partial charge is 0.314 e. The number of nitrogens with one attached hydrogen (secondary N) is 4. The van der Waals surface area contributed by atoms with Crippen molar-refractivity contribution < 1.29 is 128 Å². The summed E-state index contributed by atoms with van der Waals surface area (Å²) < 4.78 is 72.4. The van der Waals surface area contributed by atoms with Gasteiger partial charge in [-0.3, -0.25) is 0 Å². The minimum absolute atomic E-state index is 0.00321. The molecule has 95 heavy (non-hydrogen) atoms. The third-order valence-corrected chi connectivity index (χ3v) is 18.8. The number of ether oxygens (including phenoxy) is 12. The van der Waals surface area contributed by atoms with Crippen LogP contribution in [0.15, 0.2) is 0 Å². The predicted octanol–water partition coefficient (Wildman–Crippen LogP) is -15.5. The summed E-state index contributed by atoms with van der Waals surface area (Å²) in [5, 5.41) is 142. The summed E-state index contributed by atoms with van der Waals surface area (Å²) in [6.07, 6.45) is -40.2. The topological polar surface area (TPSA) is 722 Å². The SMILES string of the molecule is NCC1O[C@@H](OC2C(N)C[C@@H](N)[C@H](O)C2O[C@@H]2O[C@H](CNC(=O)NCCCCCCNC(=O)NC[C@H]3O[C@@H](O[C@H]4C(O[C@@H]5OC(CN)C(O)[C@H](O)C5N)C(N)C[C@@H](N)C4O)[C@@H](O)C3O[C@@H]3CC(O)C(O)[C@H](CN)O3)C(O[C@@H]3O[C@H](CN)C(O)C(O)C3N)C2O)C(N)[C@@H](O)C1O. The highest BCUT2D eigenvalue weighted by atomic mass is 16.8. The van der Waals surface area contributed by atoms with Gasteiger partial charge in [-0.2, -0.15) is 0 Å². The lowest BCUT2D eigenvalue weighted by molar-refractivity contribution is -0.306. The molecule has 20 unspecified atom stereocenters. The van der Waals surface area contributed by atoms with Gasteiger partial charge in [-0.25, -0.2) is 9.59 Å². The average Bonchev–Trinajstić information content (AvgIpc) is 1.77. The fraction of sp³-hybridized carbons (Fsp3) is 0.963. The Balaban J connectivity index is 0.817. The van der Waals surface area contributed by atoms with Crippen molar-refractivity contribution in [3.05, 3.63) is 0 Å². The summed E-state index contributed by atoms with van der Waals surface area (Å²) in [5.41, 5.74) is 67.2. The highest BCUT2D eigenvalue weighted by Gasteiger charge is 2.57. The highest BCUT2D eigenvalue weighted by Crippen LogP contribution is 2.37. The minimum Gasteiger partial charge on any atom is -0.390 e. The van der Waals surface area contributed by atoms with Gasteiger partial charge in [0.15, 0.2) is 37.7 Å². The normalized spacial score (nSPS) is 48.1. The number of hydrogen-bond donors (Lipinski definition) is 27. The van der Waals surface area contributed by atoms with E-state index in [2.05, 4.69) is 21.3 Å². The van der Waals surface area contributed by atoms with Gasteiger partial charge in [0.2, 0.25) is 0 Å². The summed E-state index contributed by atoms with van der Waals surface area (Å²) in [6, 6.07) is -9.17. The molecule has 4 amide bonds. The summed E-state index contributed by atoms with van der Waals surface area (Å²) in [7, 11) is 0. The van der Waals surface area contributed by atoms with Crippen molar-refractivity contribution in [2.24, 2.45) is 63.1 Å². The first-order valence-corrected chi connectivity index (χ1v) is 32.3. The Morgan fingerprint density at radius 2 is 0.653 bits per heavy atom. The van der Waals surface area contributed by atoms with Crippen LogP contribution in [0.25, 0.3) is 0 Å². The number of amides is 4. The fourth-order valence-corrected chi connectivity index (χ4v) is 13.0. The van der Waals surface area contributed by atoms with Crippen molar-refractivity contribution >= 4 is 12.1 Å². The molecule has 552 valence electrons. The second kappa shape index (κ2) is 35.2. The van der Waals surface area contributed by atoms with Gasteiger partial charge in [-0.05, 0) is 25.7 Å². The summed E-state index contributed by atoms with van der Waals surface area (Å²) in [5.74, 6) is 0. The first-order valence-electron chi connectivity index (χ1n) is 32.3. The predicted molar refractivity (Wildman–Crippen MR) is 320 cm³/mol. The highest BCUT2D eigenvalue weighted by molar-refractivity contribution is 5.74. The van der Waals surface area contributed by atoms with Crippen molar-refractivity contribution in [2.75, 3.05) is 52.4 Å². The number of urea groups is 2. The molecule has 8 fully saturated rings. The Morgan fingerprint density at radius 1 is 0.326 bits per heavy atom. The monoisotopic (exact) mass is 1380 g/mol. The van der Waals surface area contributed by atoms with Gasteiger partial charge in [-0.1, -0.05) is 12.8 Å². The van der Waals surface area contributed by atoms with E-state index in [4.69, 9.17) is 120 Å². The number of nitrogens with two attached hydrogens (primary N) is 11. The number of carbonyl (C=O) groups is 2. The largest absolute Gasteiger partial charge is 0.390 e. The zero-order valence-electron chi connectivity index (χ0n) is 52.4. The van der Waals surface area contributed by atoms with Crippen LogP contribution in [0.4, 0.5) is 9.59 Å². The Hall–Kier alpha value is -2.86. The zero-order valence-corrected chi connectivity index (χ0v) is 52.4. The average molecular weight is 1380 g/mol. The lowest BCUT2D eigenvalue weighted by Gasteiger charge is -2.47. The van der Waals surface area contributed by atoms with Crippen molar-refractivity contribution in [3.63, 3.8) is 0 Å². The summed E-state index contributed by atoms with van der Waals surface area (Å²) in [6.45, 7) is -1.18. The van der Waals surface area contributed by atoms with Crippen LogP contribution in [0.1, 0.15) is 44.9 Å². The maximum atomic E-state index is 13.2. The first-order chi connectivity index (χ1) is 45.1. The molecule has 6 heterocycles. The molecule has 0 aromatic heterocycles. The number of aliphatic hydroxyl groups excluding tert-OH is 12. The lowest BCUT2D eigenvalue weighted by Crippen LogP contribution is -2.68. The minimum atomic E-state index is -1.75. The Bertz CT molecular complexity index is 2360. The molecule has 0 radical (unpaired) electrons. The van der Waals surface area contributed by atoms with E-state index in [0.717, 1.165) is 0 Å². The van der Waals surface area contributed by atoms with Crippen LogP contribution < -0.4 is 84.3 Å². The number of aliphatic hydroxyl groups is 12. The third kappa shape index (κ3) is 18.4. The van der Waals surface area contributed by atoms with E-state index in [-0.39, 0.29) is 71.6 Å². The van der Waals surface area contributed by atoms with Gasteiger partial charge in [0.25, 0.3) is 0 Å². The molecule has 8 rings (SSSR count). The number of unbranched alkanes of at least 4 members (excludes halogenated alkanes) is 3. The van der Waals surface area contributed by atoms with Crippen LogP contribution in [0.5, 0.6) is 0 Å². The van der Waals surface area contributed by atoms with E-state index in [1.54, 1.807) is 0 Å². The lowest BCUT2D eigenvalue weighted by atomic mass is 9.84. The van der Waals surface area contributed by atoms with Crippen molar-refractivity contribution in [1.82, 2.24) is 21.3 Å². The molecule has 41 nitrogen and oxygen atoms in total. The van der Waals surface area contributed by atoms with Crippen molar-refractivity contribution in [2.45, 2.75) is 271 Å².